The van der Waals surface area contributed by atoms with Crippen molar-refractivity contribution < 1.29 is 36.7 Å². The molecule has 3 N–H and O–H groups in total. The van der Waals surface area contributed by atoms with Crippen molar-refractivity contribution in [2.45, 2.75) is 86.8 Å². The van der Waals surface area contributed by atoms with Gasteiger partial charge in [-0.1, -0.05) is 55.3 Å². The minimum atomic E-state index is -3.92. The van der Waals surface area contributed by atoms with E-state index >= 15 is 0 Å². The van der Waals surface area contributed by atoms with E-state index in [1.54, 1.807) is 6.20 Å². The lowest BCUT2D eigenvalue weighted by Gasteiger charge is -2.30. The summed E-state index contributed by atoms with van der Waals surface area (Å²) >= 11 is 0. The van der Waals surface area contributed by atoms with Crippen LogP contribution in [0, 0.1) is 11.7 Å². The van der Waals surface area contributed by atoms with Crippen molar-refractivity contribution in [1.82, 2.24) is 30.2 Å². The first-order chi connectivity index (χ1) is 26.5. The summed E-state index contributed by atoms with van der Waals surface area (Å²) in [7, 11) is -3.92. The fourth-order valence-electron chi connectivity index (χ4n) is 7.73. The summed E-state index contributed by atoms with van der Waals surface area (Å²) in [5, 5.41) is 7.33. The minimum Gasteiger partial charge on any atom is -0.472 e. The van der Waals surface area contributed by atoms with Gasteiger partial charge >= 0.3 is 0 Å². The van der Waals surface area contributed by atoms with E-state index in [0.29, 0.717) is 43.1 Å². The number of benzene rings is 2. The largest absolute Gasteiger partial charge is 0.472 e. The lowest BCUT2D eigenvalue weighted by atomic mass is 10.0. The van der Waals surface area contributed by atoms with Crippen LogP contribution < -0.4 is 20.1 Å². The van der Waals surface area contributed by atoms with Crippen molar-refractivity contribution in [2.75, 3.05) is 6.54 Å². The number of fused-ring (bicyclic) bond motifs is 5. The SMILES string of the molecule is O=C(N[C@H]1CCCCC/C=C\[C@@H]2C[C@@]2(C(=O)NS(=O)(=O)C2CC2)NC(=O)[C@@H]2C[C@@H](Oc3nc4ncccc4c4ccccc34)CN2C1=O)c1ccccc1F. The van der Waals surface area contributed by atoms with Crippen LogP contribution in [-0.4, -0.2) is 82.4 Å². The molecule has 1 saturated heterocycles. The lowest BCUT2D eigenvalue weighted by Crippen LogP contribution is -2.58. The molecular formula is C40H41FN6O7S. The van der Waals surface area contributed by atoms with Gasteiger partial charge in [-0.25, -0.2) is 17.8 Å². The second kappa shape index (κ2) is 14.7. The van der Waals surface area contributed by atoms with E-state index in [1.807, 2.05) is 48.6 Å². The van der Waals surface area contributed by atoms with E-state index in [4.69, 9.17) is 9.72 Å². The van der Waals surface area contributed by atoms with Crippen molar-refractivity contribution in [3.63, 3.8) is 0 Å². The first-order valence-electron chi connectivity index (χ1n) is 18.7. The monoisotopic (exact) mass is 768 g/mol. The molecule has 0 spiro atoms. The summed E-state index contributed by atoms with van der Waals surface area (Å²) < 4.78 is 49.1. The van der Waals surface area contributed by atoms with E-state index < -0.39 is 74.4 Å². The highest BCUT2D eigenvalue weighted by Gasteiger charge is 2.62. The molecule has 0 unspecified atom stereocenters. The average molecular weight is 769 g/mol. The number of nitrogens with zero attached hydrogens (tertiary/aromatic N) is 3. The number of halogens is 1. The van der Waals surface area contributed by atoms with Crippen LogP contribution in [0.15, 0.2) is 79.0 Å². The zero-order valence-corrected chi connectivity index (χ0v) is 30.8. The third kappa shape index (κ3) is 7.36. The number of carbonyl (C=O) groups is 4. The molecule has 55 heavy (non-hydrogen) atoms. The Morgan fingerprint density at radius 3 is 2.51 bits per heavy atom. The first kappa shape index (κ1) is 36.5. The number of nitrogens with one attached hydrogen (secondary N) is 3. The van der Waals surface area contributed by atoms with Crippen LogP contribution >= 0.6 is 0 Å². The van der Waals surface area contributed by atoms with Crippen LogP contribution in [0.5, 0.6) is 5.88 Å². The fourth-order valence-corrected chi connectivity index (χ4v) is 9.10. The molecule has 13 nitrogen and oxygen atoms in total. The molecule has 4 heterocycles. The Labute approximate surface area is 317 Å². The Bertz CT molecular complexity index is 2340. The summed E-state index contributed by atoms with van der Waals surface area (Å²) in [6.07, 6.45) is 8.63. The Kier molecular flexibility index (Phi) is 9.74. The van der Waals surface area contributed by atoms with Gasteiger partial charge in [-0.3, -0.25) is 23.9 Å². The Morgan fingerprint density at radius 1 is 0.945 bits per heavy atom. The first-order valence-corrected chi connectivity index (χ1v) is 20.3. The number of amides is 4. The molecule has 4 amide bonds. The molecule has 2 saturated carbocycles. The maximum atomic E-state index is 14.7. The van der Waals surface area contributed by atoms with E-state index in [-0.39, 0.29) is 37.3 Å². The molecule has 5 atom stereocenters. The molecule has 8 rings (SSSR count). The van der Waals surface area contributed by atoms with Crippen LogP contribution in [0.2, 0.25) is 0 Å². The highest BCUT2D eigenvalue weighted by Crippen LogP contribution is 2.46. The maximum absolute atomic E-state index is 14.7. The van der Waals surface area contributed by atoms with Crippen molar-refractivity contribution in [1.29, 1.82) is 0 Å². The van der Waals surface area contributed by atoms with Crippen LogP contribution in [0.25, 0.3) is 21.8 Å². The van der Waals surface area contributed by atoms with Gasteiger partial charge in [-0.05, 0) is 74.2 Å². The molecule has 4 aliphatic rings. The van der Waals surface area contributed by atoms with E-state index in [2.05, 4.69) is 20.3 Å². The van der Waals surface area contributed by atoms with E-state index in [1.165, 1.54) is 23.1 Å². The molecule has 0 bridgehead atoms. The lowest BCUT2D eigenvalue weighted by molar-refractivity contribution is -0.141. The number of hydrogen-bond donors (Lipinski definition) is 3. The number of sulfonamides is 1. The van der Waals surface area contributed by atoms with Gasteiger partial charge in [0.2, 0.25) is 27.7 Å². The third-order valence-corrected chi connectivity index (χ3v) is 12.8. The maximum Gasteiger partial charge on any atom is 0.259 e. The molecule has 286 valence electrons. The van der Waals surface area contributed by atoms with Crippen LogP contribution in [0.4, 0.5) is 4.39 Å². The third-order valence-electron chi connectivity index (χ3n) is 11.0. The fraction of sp³-hybridized carbons (Fsp3) is 0.400. The number of carbonyl (C=O) groups excluding carboxylic acids is 4. The predicted octanol–water partition coefficient (Wildman–Crippen LogP) is 4.07. The van der Waals surface area contributed by atoms with Gasteiger partial charge in [0.1, 0.15) is 29.5 Å². The van der Waals surface area contributed by atoms with Crippen LogP contribution in [0.3, 0.4) is 0 Å². The topological polar surface area (TPSA) is 177 Å². The van der Waals surface area contributed by atoms with Gasteiger partial charge in [0.25, 0.3) is 11.8 Å². The number of aromatic nitrogens is 2. The Balaban J connectivity index is 1.13. The molecule has 0 radical (unpaired) electrons. The van der Waals surface area contributed by atoms with Crippen molar-refractivity contribution in [2.24, 2.45) is 5.92 Å². The molecule has 2 aromatic carbocycles. The van der Waals surface area contributed by atoms with Crippen LogP contribution in [0.1, 0.15) is 68.1 Å². The highest BCUT2D eigenvalue weighted by atomic mass is 32.2. The van der Waals surface area contributed by atoms with Gasteiger partial charge in [-0.2, -0.15) is 4.98 Å². The Hall–Kier alpha value is -5.44. The minimum absolute atomic E-state index is 0.000390. The molecule has 3 fully saturated rings. The number of rotatable bonds is 7. The van der Waals surface area contributed by atoms with Gasteiger partial charge in [0, 0.05) is 29.3 Å². The molecule has 2 aromatic heterocycles. The number of allylic oxidation sites excluding steroid dienone is 1. The zero-order valence-electron chi connectivity index (χ0n) is 29.9. The highest BCUT2D eigenvalue weighted by molar-refractivity contribution is 7.91. The second-order valence-corrected chi connectivity index (χ2v) is 16.8. The van der Waals surface area contributed by atoms with Gasteiger partial charge < -0.3 is 20.3 Å². The summed E-state index contributed by atoms with van der Waals surface area (Å²) in [4.78, 5) is 66.6. The van der Waals surface area contributed by atoms with Gasteiger partial charge in [0.15, 0.2) is 5.65 Å². The summed E-state index contributed by atoms with van der Waals surface area (Å²) in [5.74, 6) is -3.74. The Morgan fingerprint density at radius 2 is 1.71 bits per heavy atom. The average Bonchev–Trinajstić information content (AvgIpc) is 4.10. The summed E-state index contributed by atoms with van der Waals surface area (Å²) in [6.45, 7) is -0.0716. The van der Waals surface area contributed by atoms with Crippen LogP contribution in [-0.2, 0) is 24.4 Å². The molecule has 4 aromatic rings. The smallest absolute Gasteiger partial charge is 0.259 e. The molecule has 2 aliphatic carbocycles. The summed E-state index contributed by atoms with van der Waals surface area (Å²) in [6, 6.07) is 14.5. The second-order valence-electron chi connectivity index (χ2n) is 14.8. The van der Waals surface area contributed by atoms with Crippen molar-refractivity contribution in [3.8, 4) is 5.88 Å². The number of ether oxygens (including phenoxy) is 1. The van der Waals surface area contributed by atoms with Gasteiger partial charge in [-0.15, -0.1) is 0 Å². The quantitative estimate of drug-likeness (QED) is 0.185. The van der Waals surface area contributed by atoms with Crippen molar-refractivity contribution in [3.05, 3.63) is 90.4 Å². The normalized spacial score (nSPS) is 26.5. The molecule has 2 aliphatic heterocycles. The predicted molar refractivity (Wildman–Crippen MR) is 201 cm³/mol. The molecule has 15 heteroatoms. The van der Waals surface area contributed by atoms with Gasteiger partial charge in [0.05, 0.1) is 17.4 Å². The number of pyridine rings is 2. The zero-order chi connectivity index (χ0) is 38.3. The summed E-state index contributed by atoms with van der Waals surface area (Å²) in [5.41, 5.74) is -1.30. The molecular weight excluding hydrogens is 728 g/mol. The van der Waals surface area contributed by atoms with E-state index in [9.17, 15) is 32.0 Å². The standard InChI is InChI=1S/C40H41FN6O7S/c41-31-16-9-8-14-30(31)35(48)43-32-17-5-3-1-2-4-11-24-22-40(24,39(51)46-55(52,53)26-18-19-26)45-36(49)33-21-25(23-47(33)38(32)50)54-37-29-13-7-6-12-27(29)28-15-10-20-42-34(28)44-37/h4,6-16,20,24-26,32-33H,1-3,5,17-19,21-23H2,(H,43,48)(H,45,49)(H,46,51)/b11-4-/t24-,25-,32+,33+,40-/m1/s1. The van der Waals surface area contributed by atoms with Crippen molar-refractivity contribution >= 4 is 55.5 Å². The number of hydrogen-bond acceptors (Lipinski definition) is 9. The van der Waals surface area contributed by atoms with E-state index in [0.717, 1.165) is 23.3 Å².